The van der Waals surface area contributed by atoms with Crippen LogP contribution < -0.4 is 5.32 Å². The van der Waals surface area contributed by atoms with E-state index in [2.05, 4.69) is 19.2 Å². The van der Waals surface area contributed by atoms with Crippen LogP contribution in [0.15, 0.2) is 0 Å². The van der Waals surface area contributed by atoms with Gasteiger partial charge in [-0.05, 0) is 32.2 Å². The maximum atomic E-state index is 11.4. The molecule has 0 radical (unpaired) electrons. The van der Waals surface area contributed by atoms with Crippen molar-refractivity contribution in [1.29, 1.82) is 0 Å². The molecule has 0 saturated heterocycles. The van der Waals surface area contributed by atoms with E-state index in [4.69, 9.17) is 5.11 Å². The fraction of sp³-hybridized carbons (Fsp3) is 0.818. The lowest BCUT2D eigenvalue weighted by atomic mass is 10.00. The fourth-order valence-electron chi connectivity index (χ4n) is 1.74. The van der Waals surface area contributed by atoms with Gasteiger partial charge in [0.05, 0.1) is 6.54 Å². The van der Waals surface area contributed by atoms with Gasteiger partial charge in [-0.3, -0.25) is 14.5 Å². The number of amides is 1. The Kier molecular flexibility index (Phi) is 3.91. The van der Waals surface area contributed by atoms with Crippen LogP contribution in [0.25, 0.3) is 0 Å². The standard InChI is InChI=1S/C11H20N2O3/c1-8(11(2)4-5-11)13(3)7-9(14)12-6-10(15)16/h8H,4-7H2,1-3H3,(H,12,14)(H,15,16). The van der Waals surface area contributed by atoms with Gasteiger partial charge in [-0.2, -0.15) is 0 Å². The summed E-state index contributed by atoms with van der Waals surface area (Å²) in [6, 6.07) is 0.350. The first kappa shape index (κ1) is 13.0. The third-order valence-corrected chi connectivity index (χ3v) is 3.54. The topological polar surface area (TPSA) is 69.6 Å². The average molecular weight is 228 g/mol. The maximum Gasteiger partial charge on any atom is 0.322 e. The van der Waals surface area contributed by atoms with Crippen LogP contribution in [0.5, 0.6) is 0 Å². The summed E-state index contributed by atoms with van der Waals surface area (Å²) in [7, 11) is 1.90. The number of carbonyl (C=O) groups is 2. The summed E-state index contributed by atoms with van der Waals surface area (Å²) in [5.41, 5.74) is 0.335. The van der Waals surface area contributed by atoms with Crippen molar-refractivity contribution in [2.45, 2.75) is 32.7 Å². The predicted molar refractivity (Wildman–Crippen MR) is 60.1 cm³/mol. The summed E-state index contributed by atoms with van der Waals surface area (Å²) in [5.74, 6) is -1.25. The van der Waals surface area contributed by atoms with E-state index in [1.807, 2.05) is 11.9 Å². The van der Waals surface area contributed by atoms with Gasteiger partial charge in [0.1, 0.15) is 6.54 Å². The molecule has 0 bridgehead atoms. The number of aliphatic carboxylic acids is 1. The van der Waals surface area contributed by atoms with E-state index in [-0.39, 0.29) is 19.0 Å². The molecule has 0 spiro atoms. The Labute approximate surface area is 95.8 Å². The molecule has 0 heterocycles. The molecule has 1 rings (SSSR count). The van der Waals surface area contributed by atoms with Gasteiger partial charge in [-0.1, -0.05) is 6.92 Å². The molecule has 0 aromatic heterocycles. The summed E-state index contributed by atoms with van der Waals surface area (Å²) in [4.78, 5) is 23.6. The number of carboxylic acid groups (broad SMARTS) is 1. The van der Waals surface area contributed by atoms with E-state index < -0.39 is 5.97 Å². The Hall–Kier alpha value is -1.10. The van der Waals surface area contributed by atoms with Gasteiger partial charge in [0.25, 0.3) is 0 Å². The number of hydrogen-bond acceptors (Lipinski definition) is 3. The van der Waals surface area contributed by atoms with Crippen LogP contribution in [-0.2, 0) is 9.59 Å². The van der Waals surface area contributed by atoms with E-state index in [0.29, 0.717) is 11.5 Å². The van der Waals surface area contributed by atoms with E-state index in [1.54, 1.807) is 0 Å². The molecular weight excluding hydrogens is 208 g/mol. The van der Waals surface area contributed by atoms with Gasteiger partial charge in [-0.25, -0.2) is 0 Å². The van der Waals surface area contributed by atoms with Crippen LogP contribution in [0.4, 0.5) is 0 Å². The highest BCUT2D eigenvalue weighted by Gasteiger charge is 2.44. The first-order chi connectivity index (χ1) is 7.35. The SMILES string of the molecule is CC(N(C)CC(=O)NCC(=O)O)C1(C)CC1. The van der Waals surface area contributed by atoms with Crippen LogP contribution >= 0.6 is 0 Å². The van der Waals surface area contributed by atoms with Gasteiger partial charge < -0.3 is 10.4 Å². The lowest BCUT2D eigenvalue weighted by Crippen LogP contribution is -2.43. The Morgan fingerprint density at radius 2 is 2.06 bits per heavy atom. The Balaban J connectivity index is 2.30. The second kappa shape index (κ2) is 4.82. The largest absolute Gasteiger partial charge is 0.480 e. The summed E-state index contributed by atoms with van der Waals surface area (Å²) < 4.78 is 0. The smallest absolute Gasteiger partial charge is 0.322 e. The van der Waals surface area contributed by atoms with Crippen molar-refractivity contribution < 1.29 is 14.7 Å². The minimum atomic E-state index is -1.02. The molecular formula is C11H20N2O3. The van der Waals surface area contributed by atoms with Gasteiger partial charge in [0.15, 0.2) is 0 Å². The second-order valence-corrected chi connectivity index (χ2v) is 4.92. The molecule has 0 aromatic carbocycles. The summed E-state index contributed by atoms with van der Waals surface area (Å²) in [5, 5.41) is 10.8. The number of carbonyl (C=O) groups excluding carboxylic acids is 1. The lowest BCUT2D eigenvalue weighted by molar-refractivity contribution is -0.138. The summed E-state index contributed by atoms with van der Waals surface area (Å²) in [6.07, 6.45) is 2.41. The van der Waals surface area contributed by atoms with Gasteiger partial charge in [0, 0.05) is 6.04 Å². The molecule has 1 amide bonds. The molecule has 1 aliphatic carbocycles. The molecule has 1 unspecified atom stereocenters. The van der Waals surface area contributed by atoms with Crippen LogP contribution in [0.2, 0.25) is 0 Å². The number of likely N-dealkylation sites (N-methyl/N-ethyl adjacent to an activating group) is 1. The number of carboxylic acids is 1. The molecule has 1 saturated carbocycles. The third-order valence-electron chi connectivity index (χ3n) is 3.54. The lowest BCUT2D eigenvalue weighted by Gasteiger charge is -2.29. The minimum absolute atomic E-state index is 0.235. The van der Waals surface area contributed by atoms with Gasteiger partial charge in [0.2, 0.25) is 5.91 Å². The highest BCUT2D eigenvalue weighted by Crippen LogP contribution is 2.49. The molecule has 0 aliphatic heterocycles. The first-order valence-electron chi connectivity index (χ1n) is 5.54. The Morgan fingerprint density at radius 3 is 2.50 bits per heavy atom. The molecule has 5 heteroatoms. The van der Waals surface area contributed by atoms with Gasteiger partial charge in [-0.15, -0.1) is 0 Å². The molecule has 92 valence electrons. The molecule has 1 atom stereocenters. The average Bonchev–Trinajstić information content (AvgIpc) is 2.93. The number of nitrogens with zero attached hydrogens (tertiary/aromatic N) is 1. The quantitative estimate of drug-likeness (QED) is 0.686. The second-order valence-electron chi connectivity index (χ2n) is 4.92. The molecule has 2 N–H and O–H groups in total. The zero-order chi connectivity index (χ0) is 12.3. The van der Waals surface area contributed by atoms with Crippen LogP contribution in [-0.4, -0.2) is 48.1 Å². The van der Waals surface area contributed by atoms with Gasteiger partial charge >= 0.3 is 5.97 Å². The van der Waals surface area contributed by atoms with Crippen LogP contribution in [0, 0.1) is 5.41 Å². The zero-order valence-corrected chi connectivity index (χ0v) is 10.1. The normalized spacial score (nSPS) is 19.2. The Bertz CT molecular complexity index is 287. The van der Waals surface area contributed by atoms with E-state index in [9.17, 15) is 9.59 Å². The zero-order valence-electron chi connectivity index (χ0n) is 10.1. The van der Waals surface area contributed by atoms with Crippen molar-refractivity contribution in [3.05, 3.63) is 0 Å². The maximum absolute atomic E-state index is 11.4. The fourth-order valence-corrected chi connectivity index (χ4v) is 1.74. The number of nitrogens with one attached hydrogen (secondary N) is 1. The van der Waals surface area contributed by atoms with Crippen molar-refractivity contribution in [3.8, 4) is 0 Å². The summed E-state index contributed by atoms with van der Waals surface area (Å²) >= 11 is 0. The molecule has 5 nitrogen and oxygen atoms in total. The van der Waals surface area contributed by atoms with E-state index in [0.717, 1.165) is 0 Å². The molecule has 1 aliphatic rings. The number of hydrogen-bond donors (Lipinski definition) is 2. The van der Waals surface area contributed by atoms with Crippen molar-refractivity contribution in [2.24, 2.45) is 5.41 Å². The minimum Gasteiger partial charge on any atom is -0.480 e. The summed E-state index contributed by atoms with van der Waals surface area (Å²) in [6.45, 7) is 4.27. The highest BCUT2D eigenvalue weighted by molar-refractivity contribution is 5.82. The van der Waals surface area contributed by atoms with E-state index >= 15 is 0 Å². The van der Waals surface area contributed by atoms with Crippen molar-refractivity contribution >= 4 is 11.9 Å². The van der Waals surface area contributed by atoms with Crippen LogP contribution in [0.1, 0.15) is 26.7 Å². The third kappa shape index (κ3) is 3.48. The first-order valence-corrected chi connectivity index (χ1v) is 5.54. The molecule has 0 aromatic rings. The highest BCUT2D eigenvalue weighted by atomic mass is 16.4. The predicted octanol–water partition coefficient (Wildman–Crippen LogP) is 0.308. The van der Waals surface area contributed by atoms with Crippen LogP contribution in [0.3, 0.4) is 0 Å². The Morgan fingerprint density at radius 1 is 1.50 bits per heavy atom. The molecule has 1 fully saturated rings. The monoisotopic (exact) mass is 228 g/mol. The van der Waals surface area contributed by atoms with Crippen molar-refractivity contribution in [1.82, 2.24) is 10.2 Å². The number of rotatable bonds is 6. The van der Waals surface area contributed by atoms with Crippen molar-refractivity contribution in [3.63, 3.8) is 0 Å². The van der Waals surface area contributed by atoms with Crippen molar-refractivity contribution in [2.75, 3.05) is 20.1 Å². The van der Waals surface area contributed by atoms with E-state index in [1.165, 1.54) is 12.8 Å². The molecule has 16 heavy (non-hydrogen) atoms.